The largest absolute Gasteiger partial charge is 0.496 e. The van der Waals surface area contributed by atoms with Crippen LogP contribution >= 0.6 is 15.9 Å². The fourth-order valence-corrected chi connectivity index (χ4v) is 3.31. The Morgan fingerprint density at radius 3 is 2.38 bits per heavy atom. The van der Waals surface area contributed by atoms with Crippen LogP contribution in [0.4, 0.5) is 5.69 Å². The Hall–Kier alpha value is -1.53. The minimum Gasteiger partial charge on any atom is -0.496 e. The molecule has 0 aromatic heterocycles. The molecule has 0 fully saturated rings. The standard InChI is InChI=1S/C15H16BrNO3S/c1-3-11-4-6-12(7-5-11)17-21(18,19)13-8-9-14(16)15(10-13)20-2/h4-10,17H,3H2,1-2H3. The van der Waals surface area contributed by atoms with Gasteiger partial charge < -0.3 is 4.74 Å². The molecule has 0 aliphatic heterocycles. The van der Waals surface area contributed by atoms with Gasteiger partial charge in [-0.2, -0.15) is 0 Å². The summed E-state index contributed by atoms with van der Waals surface area (Å²) in [5, 5.41) is 0. The van der Waals surface area contributed by atoms with Gasteiger partial charge >= 0.3 is 0 Å². The highest BCUT2D eigenvalue weighted by atomic mass is 79.9. The summed E-state index contributed by atoms with van der Waals surface area (Å²) >= 11 is 3.30. The van der Waals surface area contributed by atoms with E-state index in [9.17, 15) is 8.42 Å². The van der Waals surface area contributed by atoms with E-state index < -0.39 is 10.0 Å². The first-order valence-corrected chi connectivity index (χ1v) is 8.69. The molecule has 0 radical (unpaired) electrons. The van der Waals surface area contributed by atoms with Crippen LogP contribution in [0.15, 0.2) is 51.8 Å². The second-order valence-electron chi connectivity index (χ2n) is 4.45. The van der Waals surface area contributed by atoms with E-state index in [-0.39, 0.29) is 4.90 Å². The lowest BCUT2D eigenvalue weighted by molar-refractivity contribution is 0.411. The van der Waals surface area contributed by atoms with E-state index in [4.69, 9.17) is 4.74 Å². The van der Waals surface area contributed by atoms with Crippen molar-refractivity contribution in [1.82, 2.24) is 0 Å². The Bertz CT molecular complexity index is 727. The summed E-state index contributed by atoms with van der Waals surface area (Å²) in [6.07, 6.45) is 0.914. The van der Waals surface area contributed by atoms with Gasteiger partial charge in [0.15, 0.2) is 0 Å². The number of ether oxygens (including phenoxy) is 1. The third-order valence-corrected chi connectivity index (χ3v) is 5.08. The Labute approximate surface area is 133 Å². The number of halogens is 1. The zero-order chi connectivity index (χ0) is 15.5. The zero-order valence-corrected chi connectivity index (χ0v) is 14.2. The molecule has 0 aliphatic carbocycles. The Morgan fingerprint density at radius 2 is 1.81 bits per heavy atom. The van der Waals surface area contributed by atoms with Crippen LogP contribution in [0.5, 0.6) is 5.75 Å². The van der Waals surface area contributed by atoms with Gasteiger partial charge in [-0.15, -0.1) is 0 Å². The van der Waals surface area contributed by atoms with E-state index in [1.165, 1.54) is 19.2 Å². The maximum Gasteiger partial charge on any atom is 0.262 e. The maximum absolute atomic E-state index is 12.4. The minimum absolute atomic E-state index is 0.155. The van der Waals surface area contributed by atoms with Gasteiger partial charge in [-0.1, -0.05) is 19.1 Å². The van der Waals surface area contributed by atoms with Gasteiger partial charge in [0.1, 0.15) is 5.75 Å². The van der Waals surface area contributed by atoms with Gasteiger partial charge in [0, 0.05) is 11.8 Å². The van der Waals surface area contributed by atoms with Gasteiger partial charge in [-0.25, -0.2) is 8.42 Å². The third-order valence-electron chi connectivity index (χ3n) is 3.05. The molecule has 6 heteroatoms. The number of sulfonamides is 1. The molecule has 21 heavy (non-hydrogen) atoms. The second kappa shape index (κ2) is 6.49. The SMILES string of the molecule is CCc1ccc(NS(=O)(=O)c2ccc(Br)c(OC)c2)cc1. The Balaban J connectivity index is 2.29. The first-order valence-electron chi connectivity index (χ1n) is 6.41. The lowest BCUT2D eigenvalue weighted by Gasteiger charge is -2.10. The van der Waals surface area contributed by atoms with Gasteiger partial charge in [0.2, 0.25) is 0 Å². The zero-order valence-electron chi connectivity index (χ0n) is 11.8. The molecule has 0 saturated heterocycles. The lowest BCUT2D eigenvalue weighted by Crippen LogP contribution is -2.13. The van der Waals surface area contributed by atoms with Crippen molar-refractivity contribution in [1.29, 1.82) is 0 Å². The van der Waals surface area contributed by atoms with Crippen molar-refractivity contribution in [2.24, 2.45) is 0 Å². The van der Waals surface area contributed by atoms with Crippen LogP contribution in [-0.2, 0) is 16.4 Å². The molecule has 112 valence electrons. The van der Waals surface area contributed by atoms with Crippen LogP contribution in [0.1, 0.15) is 12.5 Å². The van der Waals surface area contributed by atoms with E-state index in [2.05, 4.69) is 20.7 Å². The van der Waals surface area contributed by atoms with Crippen molar-refractivity contribution in [3.8, 4) is 5.75 Å². The average Bonchev–Trinajstić information content (AvgIpc) is 2.48. The van der Waals surface area contributed by atoms with Crippen LogP contribution in [0.3, 0.4) is 0 Å². The molecule has 0 atom stereocenters. The highest BCUT2D eigenvalue weighted by Crippen LogP contribution is 2.28. The molecule has 0 saturated carbocycles. The molecule has 0 unspecified atom stereocenters. The van der Waals surface area contributed by atoms with Crippen LogP contribution < -0.4 is 9.46 Å². The molecule has 0 heterocycles. The Morgan fingerprint density at radius 1 is 1.14 bits per heavy atom. The van der Waals surface area contributed by atoms with E-state index in [1.54, 1.807) is 18.2 Å². The van der Waals surface area contributed by atoms with E-state index in [0.29, 0.717) is 15.9 Å². The number of anilines is 1. The number of methoxy groups -OCH3 is 1. The molecule has 4 nitrogen and oxygen atoms in total. The van der Waals surface area contributed by atoms with E-state index >= 15 is 0 Å². The number of hydrogen-bond donors (Lipinski definition) is 1. The monoisotopic (exact) mass is 369 g/mol. The van der Waals surface area contributed by atoms with Crippen molar-refractivity contribution in [2.75, 3.05) is 11.8 Å². The molecule has 0 spiro atoms. The predicted octanol–water partition coefficient (Wildman–Crippen LogP) is 3.82. The summed E-state index contributed by atoms with van der Waals surface area (Å²) in [5.41, 5.74) is 1.69. The fourth-order valence-electron chi connectivity index (χ4n) is 1.83. The number of rotatable bonds is 5. The summed E-state index contributed by atoms with van der Waals surface area (Å²) in [7, 11) is -2.14. The number of hydrogen-bond acceptors (Lipinski definition) is 3. The lowest BCUT2D eigenvalue weighted by atomic mass is 10.2. The van der Waals surface area contributed by atoms with Gasteiger partial charge in [0.25, 0.3) is 10.0 Å². The van der Waals surface area contributed by atoms with Crippen molar-refractivity contribution >= 4 is 31.6 Å². The van der Waals surface area contributed by atoms with Crippen molar-refractivity contribution < 1.29 is 13.2 Å². The van der Waals surface area contributed by atoms with Crippen LogP contribution in [-0.4, -0.2) is 15.5 Å². The quantitative estimate of drug-likeness (QED) is 0.871. The summed E-state index contributed by atoms with van der Waals surface area (Å²) in [6.45, 7) is 2.05. The Kier molecular flexibility index (Phi) is 4.90. The molecule has 1 N–H and O–H groups in total. The molecular weight excluding hydrogens is 354 g/mol. The first-order chi connectivity index (χ1) is 9.96. The minimum atomic E-state index is -3.63. The molecule has 2 aromatic carbocycles. The predicted molar refractivity (Wildman–Crippen MR) is 87.3 cm³/mol. The summed E-state index contributed by atoms with van der Waals surface area (Å²) in [4.78, 5) is 0.155. The normalized spacial score (nSPS) is 11.2. The van der Waals surface area contributed by atoms with Crippen LogP contribution in [0, 0.1) is 0 Å². The van der Waals surface area contributed by atoms with E-state index in [1.807, 2.05) is 19.1 Å². The van der Waals surface area contributed by atoms with Crippen molar-refractivity contribution in [3.63, 3.8) is 0 Å². The summed E-state index contributed by atoms with van der Waals surface area (Å²) < 4.78 is 33.1. The highest BCUT2D eigenvalue weighted by Gasteiger charge is 2.16. The number of nitrogens with one attached hydrogen (secondary N) is 1. The third kappa shape index (κ3) is 3.77. The number of aryl methyl sites for hydroxylation is 1. The first kappa shape index (κ1) is 15.9. The van der Waals surface area contributed by atoms with Crippen LogP contribution in [0.2, 0.25) is 0 Å². The molecule has 2 aromatic rings. The molecule has 0 amide bonds. The average molecular weight is 370 g/mol. The molecule has 0 aliphatic rings. The molecule has 2 rings (SSSR count). The summed E-state index contributed by atoms with van der Waals surface area (Å²) in [6, 6.07) is 12.0. The number of benzene rings is 2. The van der Waals surface area contributed by atoms with Crippen molar-refractivity contribution in [2.45, 2.75) is 18.2 Å². The smallest absolute Gasteiger partial charge is 0.262 e. The van der Waals surface area contributed by atoms with E-state index in [0.717, 1.165) is 12.0 Å². The topological polar surface area (TPSA) is 55.4 Å². The fraction of sp³-hybridized carbons (Fsp3) is 0.200. The van der Waals surface area contributed by atoms with Gasteiger partial charge in [-0.05, 0) is 52.2 Å². The second-order valence-corrected chi connectivity index (χ2v) is 6.99. The highest BCUT2D eigenvalue weighted by molar-refractivity contribution is 9.10. The van der Waals surface area contributed by atoms with Gasteiger partial charge in [0.05, 0.1) is 16.5 Å². The van der Waals surface area contributed by atoms with Crippen LogP contribution in [0.25, 0.3) is 0 Å². The summed E-state index contributed by atoms with van der Waals surface area (Å²) in [5.74, 6) is 0.471. The molecule has 0 bridgehead atoms. The van der Waals surface area contributed by atoms with Gasteiger partial charge in [-0.3, -0.25) is 4.72 Å². The maximum atomic E-state index is 12.4. The van der Waals surface area contributed by atoms with Crippen molar-refractivity contribution in [3.05, 3.63) is 52.5 Å². The molecular formula is C15H16BrNO3S.